The zero-order valence-electron chi connectivity index (χ0n) is 15.4. The van der Waals surface area contributed by atoms with Crippen molar-refractivity contribution in [3.63, 3.8) is 0 Å². The number of hydrogen-bond acceptors (Lipinski definition) is 7. The van der Waals surface area contributed by atoms with Gasteiger partial charge in [-0.05, 0) is 43.2 Å². The van der Waals surface area contributed by atoms with Crippen molar-refractivity contribution in [2.24, 2.45) is 0 Å². The van der Waals surface area contributed by atoms with Crippen LogP contribution >= 0.6 is 0 Å². The molecule has 8 heteroatoms. The Labute approximate surface area is 162 Å². The fourth-order valence-corrected chi connectivity index (χ4v) is 3.56. The highest BCUT2D eigenvalue weighted by atomic mass is 16.6. The molecule has 0 bridgehead atoms. The minimum absolute atomic E-state index is 0.115. The molecule has 3 N–H and O–H groups in total. The van der Waals surface area contributed by atoms with Gasteiger partial charge in [-0.3, -0.25) is 0 Å². The average Bonchev–Trinajstić information content (AvgIpc) is 3.55. The number of carbonyl (C=O) groups is 1. The Hall–Kier alpha value is -2.71. The third-order valence-corrected chi connectivity index (χ3v) is 5.16. The summed E-state index contributed by atoms with van der Waals surface area (Å²) in [7, 11) is 0. The lowest BCUT2D eigenvalue weighted by Crippen LogP contribution is -2.16. The highest BCUT2D eigenvalue weighted by molar-refractivity contribution is 5.92. The normalized spacial score (nSPS) is 17.3. The Morgan fingerprint density at radius 3 is 2.68 bits per heavy atom. The molecule has 28 heavy (non-hydrogen) atoms. The van der Waals surface area contributed by atoms with Crippen LogP contribution in [0.2, 0.25) is 0 Å². The highest BCUT2D eigenvalue weighted by Crippen LogP contribution is 2.41. The second kappa shape index (κ2) is 8.12. The first kappa shape index (κ1) is 18.6. The minimum Gasteiger partial charge on any atom is -0.476 e. The molecule has 1 aliphatic carbocycles. The third-order valence-electron chi connectivity index (χ3n) is 5.16. The van der Waals surface area contributed by atoms with Crippen molar-refractivity contribution in [3.8, 4) is 5.75 Å². The molecule has 0 amide bonds. The number of ether oxygens (including phenoxy) is 2. The second-order valence-electron chi connectivity index (χ2n) is 7.08. The minimum atomic E-state index is -1.14. The fourth-order valence-electron chi connectivity index (χ4n) is 3.56. The molecular weight excluding hydrogens is 362 g/mol. The van der Waals surface area contributed by atoms with E-state index in [4.69, 9.17) is 9.47 Å². The number of nitrogens with zero attached hydrogens (tertiary/aromatic N) is 2. The number of rotatable bonds is 7. The predicted molar refractivity (Wildman–Crippen MR) is 101 cm³/mol. The maximum Gasteiger partial charge on any atom is 0.358 e. The molecule has 0 spiro atoms. The van der Waals surface area contributed by atoms with Gasteiger partial charge in [0.25, 0.3) is 0 Å². The molecule has 1 aromatic carbocycles. The van der Waals surface area contributed by atoms with Crippen LogP contribution in [-0.4, -0.2) is 46.2 Å². The van der Waals surface area contributed by atoms with Gasteiger partial charge >= 0.3 is 5.97 Å². The first-order valence-electron chi connectivity index (χ1n) is 9.49. The Morgan fingerprint density at radius 1 is 1.21 bits per heavy atom. The maximum atomic E-state index is 11.7. The van der Waals surface area contributed by atoms with Crippen LogP contribution in [0.1, 0.15) is 59.3 Å². The van der Waals surface area contributed by atoms with Crippen LogP contribution in [0.5, 0.6) is 5.75 Å². The summed E-state index contributed by atoms with van der Waals surface area (Å²) in [6.07, 6.45) is 5.38. The predicted octanol–water partition coefficient (Wildman–Crippen LogP) is 3.02. The molecule has 2 aliphatic rings. The zero-order valence-corrected chi connectivity index (χ0v) is 15.4. The molecule has 148 valence electrons. The SMILES string of the molecule is O=C(O)c1nc(C2CC2)cnc1Nc1cccc(C2CCOCC2)c1OCO. The van der Waals surface area contributed by atoms with Crippen LogP contribution in [0.25, 0.3) is 0 Å². The van der Waals surface area contributed by atoms with E-state index in [0.717, 1.165) is 31.2 Å². The molecule has 4 rings (SSSR count). The molecule has 0 unspecified atom stereocenters. The van der Waals surface area contributed by atoms with Gasteiger partial charge in [0, 0.05) is 19.1 Å². The largest absolute Gasteiger partial charge is 0.476 e. The van der Waals surface area contributed by atoms with Crippen LogP contribution in [0.3, 0.4) is 0 Å². The summed E-state index contributed by atoms with van der Waals surface area (Å²) in [5.74, 6) is 0.0805. The van der Waals surface area contributed by atoms with Crippen molar-refractivity contribution >= 4 is 17.5 Å². The van der Waals surface area contributed by atoms with Gasteiger partial charge in [-0.15, -0.1) is 0 Å². The molecule has 1 saturated heterocycles. The van der Waals surface area contributed by atoms with Crippen LogP contribution < -0.4 is 10.1 Å². The molecule has 1 saturated carbocycles. The number of hydrogen-bond donors (Lipinski definition) is 3. The summed E-state index contributed by atoms with van der Waals surface area (Å²) in [4.78, 5) is 20.3. The first-order valence-corrected chi connectivity index (χ1v) is 9.49. The number of carboxylic acids is 1. The van der Waals surface area contributed by atoms with E-state index in [2.05, 4.69) is 15.3 Å². The van der Waals surface area contributed by atoms with Crippen LogP contribution in [-0.2, 0) is 4.74 Å². The Kier molecular flexibility index (Phi) is 5.40. The van der Waals surface area contributed by atoms with Gasteiger partial charge in [0.05, 0.1) is 17.6 Å². The molecule has 0 radical (unpaired) electrons. The van der Waals surface area contributed by atoms with Crippen molar-refractivity contribution in [3.05, 3.63) is 41.3 Å². The smallest absolute Gasteiger partial charge is 0.358 e. The quantitative estimate of drug-likeness (QED) is 0.623. The van der Waals surface area contributed by atoms with Crippen molar-refractivity contribution in [1.82, 2.24) is 9.97 Å². The molecular formula is C20H23N3O5. The van der Waals surface area contributed by atoms with E-state index in [-0.39, 0.29) is 17.4 Å². The van der Waals surface area contributed by atoms with E-state index in [1.807, 2.05) is 12.1 Å². The highest BCUT2D eigenvalue weighted by Gasteiger charge is 2.28. The lowest BCUT2D eigenvalue weighted by Gasteiger charge is -2.25. The molecule has 2 aromatic rings. The summed E-state index contributed by atoms with van der Waals surface area (Å²) in [5.41, 5.74) is 2.11. The number of benzene rings is 1. The number of aromatic nitrogens is 2. The van der Waals surface area contributed by atoms with E-state index in [0.29, 0.717) is 36.3 Å². The summed E-state index contributed by atoms with van der Waals surface area (Å²) in [5, 5.41) is 22.0. The van der Waals surface area contributed by atoms with Gasteiger partial charge in [0.2, 0.25) is 0 Å². The van der Waals surface area contributed by atoms with Gasteiger partial charge in [0.1, 0.15) is 5.75 Å². The third kappa shape index (κ3) is 3.93. The van der Waals surface area contributed by atoms with Crippen molar-refractivity contribution in [2.45, 2.75) is 37.5 Å². The summed E-state index contributed by atoms with van der Waals surface area (Å²) in [6, 6.07) is 5.62. The van der Waals surface area contributed by atoms with Crippen LogP contribution in [0, 0.1) is 0 Å². The standard InChI is InChI=1S/C20H23N3O5/c24-11-28-18-14(12-6-8-27-9-7-12)2-1-3-15(18)23-19-17(20(25)26)22-16(10-21-19)13-4-5-13/h1-3,10,12-13,24H,4-9,11H2,(H,21,23)(H,25,26). The van der Waals surface area contributed by atoms with E-state index in [1.54, 1.807) is 12.3 Å². The van der Waals surface area contributed by atoms with Crippen molar-refractivity contribution < 1.29 is 24.5 Å². The summed E-state index contributed by atoms with van der Waals surface area (Å²) >= 11 is 0. The Balaban J connectivity index is 1.68. The van der Waals surface area contributed by atoms with Gasteiger partial charge < -0.3 is 25.0 Å². The summed E-state index contributed by atoms with van der Waals surface area (Å²) in [6.45, 7) is 0.878. The van der Waals surface area contributed by atoms with Gasteiger partial charge in [-0.25, -0.2) is 14.8 Å². The fraction of sp³-hybridized carbons (Fsp3) is 0.450. The molecule has 8 nitrogen and oxygen atoms in total. The maximum absolute atomic E-state index is 11.7. The average molecular weight is 385 g/mol. The number of aliphatic hydroxyl groups is 1. The van der Waals surface area contributed by atoms with E-state index in [9.17, 15) is 15.0 Å². The van der Waals surface area contributed by atoms with Gasteiger partial charge in [-0.1, -0.05) is 12.1 Å². The lowest BCUT2D eigenvalue weighted by atomic mass is 9.90. The van der Waals surface area contributed by atoms with Gasteiger partial charge in [0.15, 0.2) is 18.3 Å². The van der Waals surface area contributed by atoms with Crippen molar-refractivity contribution in [1.29, 1.82) is 0 Å². The first-order chi connectivity index (χ1) is 13.7. The molecule has 2 fully saturated rings. The Bertz CT molecular complexity index is 863. The number of aromatic carboxylic acids is 1. The van der Waals surface area contributed by atoms with E-state index >= 15 is 0 Å². The number of nitrogens with one attached hydrogen (secondary N) is 1. The second-order valence-corrected chi connectivity index (χ2v) is 7.08. The van der Waals surface area contributed by atoms with E-state index < -0.39 is 12.8 Å². The topological polar surface area (TPSA) is 114 Å². The Morgan fingerprint density at radius 2 is 2.00 bits per heavy atom. The number of carboxylic acid groups (broad SMARTS) is 1. The molecule has 1 aromatic heterocycles. The lowest BCUT2D eigenvalue weighted by molar-refractivity contribution is 0.0690. The van der Waals surface area contributed by atoms with Crippen LogP contribution in [0.15, 0.2) is 24.4 Å². The monoisotopic (exact) mass is 385 g/mol. The van der Waals surface area contributed by atoms with E-state index in [1.165, 1.54) is 0 Å². The van der Waals surface area contributed by atoms with Crippen molar-refractivity contribution in [2.75, 3.05) is 25.3 Å². The van der Waals surface area contributed by atoms with Crippen LogP contribution in [0.4, 0.5) is 11.5 Å². The molecule has 2 heterocycles. The number of aliphatic hydroxyl groups excluding tert-OH is 1. The molecule has 0 atom stereocenters. The number of anilines is 2. The number of para-hydroxylation sites is 1. The zero-order chi connectivity index (χ0) is 19.5. The van der Waals surface area contributed by atoms with Gasteiger partial charge in [-0.2, -0.15) is 0 Å². The summed E-state index contributed by atoms with van der Waals surface area (Å²) < 4.78 is 11.0. The molecule has 1 aliphatic heterocycles.